The molecule has 0 aliphatic heterocycles. The Balaban J connectivity index is 2.01. The minimum absolute atomic E-state index is 0.153. The third-order valence-corrected chi connectivity index (χ3v) is 4.15. The first-order valence-corrected chi connectivity index (χ1v) is 8.37. The number of hydrogen-bond acceptors (Lipinski definition) is 4. The van der Waals surface area contributed by atoms with Gasteiger partial charge in [-0.05, 0) is 30.3 Å². The molecule has 0 radical (unpaired) electrons. The van der Waals surface area contributed by atoms with Crippen LogP contribution in [0.5, 0.6) is 0 Å². The molecule has 1 amide bonds. The Kier molecular flexibility index (Phi) is 6.34. The molecule has 0 aliphatic rings. The summed E-state index contributed by atoms with van der Waals surface area (Å²) in [6, 6.07) is 7.59. The Hall–Kier alpha value is -1.47. The third kappa shape index (κ3) is 4.77. The van der Waals surface area contributed by atoms with Crippen LogP contribution >= 0.6 is 50.7 Å². The molecule has 24 heavy (non-hydrogen) atoms. The summed E-state index contributed by atoms with van der Waals surface area (Å²) >= 11 is 20.9. The van der Waals surface area contributed by atoms with E-state index in [1.54, 1.807) is 12.1 Å². The van der Waals surface area contributed by atoms with Gasteiger partial charge in [0.2, 0.25) is 0 Å². The van der Waals surface area contributed by atoms with Crippen LogP contribution in [0.1, 0.15) is 10.4 Å². The number of nitrogens with one attached hydrogen (secondary N) is 1. The molecule has 126 valence electrons. The molecule has 9 heteroatoms. The molecule has 0 aliphatic carbocycles. The molecule has 2 aromatic carbocycles. The summed E-state index contributed by atoms with van der Waals surface area (Å²) in [6.07, 6.45) is 0. The molecule has 0 bridgehead atoms. The maximum atomic E-state index is 12.0. The molecule has 0 saturated heterocycles. The second-order valence-corrected chi connectivity index (χ2v) is 6.77. The summed E-state index contributed by atoms with van der Waals surface area (Å²) < 4.78 is 5.60. The molecule has 0 aromatic heterocycles. The Morgan fingerprint density at radius 3 is 2.38 bits per heavy atom. The number of halogens is 4. The molecule has 2 rings (SSSR count). The van der Waals surface area contributed by atoms with Crippen molar-refractivity contribution in [2.24, 2.45) is 0 Å². The van der Waals surface area contributed by atoms with Gasteiger partial charge in [0.05, 0.1) is 21.3 Å². The standard InChI is InChI=1S/C15H10BrCl3N2O3/c16-7-1-2-12(20)9(3-7)15(23)24-6-13(22)21-14-10(18)4-8(17)5-11(14)19/h1-5H,6,20H2,(H,21,22). The van der Waals surface area contributed by atoms with Gasteiger partial charge in [0, 0.05) is 15.2 Å². The highest BCUT2D eigenvalue weighted by atomic mass is 79.9. The first-order valence-electron chi connectivity index (χ1n) is 6.44. The van der Waals surface area contributed by atoms with E-state index in [1.807, 2.05) is 0 Å². The molecule has 2 aromatic rings. The molecule has 0 atom stereocenters. The molecular formula is C15H10BrCl3N2O3. The quantitative estimate of drug-likeness (QED) is 0.516. The summed E-state index contributed by atoms with van der Waals surface area (Å²) in [7, 11) is 0. The second kappa shape index (κ2) is 8.07. The predicted molar refractivity (Wildman–Crippen MR) is 98.9 cm³/mol. The van der Waals surface area contributed by atoms with Crippen LogP contribution in [0.15, 0.2) is 34.8 Å². The van der Waals surface area contributed by atoms with Crippen LogP contribution in [0, 0.1) is 0 Å². The number of hydrogen-bond donors (Lipinski definition) is 2. The summed E-state index contributed by atoms with van der Waals surface area (Å²) in [5.74, 6) is -1.33. The number of esters is 1. The minimum Gasteiger partial charge on any atom is -0.452 e. The first-order chi connectivity index (χ1) is 11.3. The van der Waals surface area contributed by atoms with Gasteiger partial charge < -0.3 is 15.8 Å². The van der Waals surface area contributed by atoms with E-state index < -0.39 is 18.5 Å². The fourth-order valence-corrected chi connectivity index (χ4v) is 3.02. The summed E-state index contributed by atoms with van der Waals surface area (Å²) in [5, 5.41) is 3.13. The zero-order valence-corrected chi connectivity index (χ0v) is 15.8. The zero-order chi connectivity index (χ0) is 17.9. The monoisotopic (exact) mass is 450 g/mol. The van der Waals surface area contributed by atoms with E-state index >= 15 is 0 Å². The Bertz CT molecular complexity index is 792. The van der Waals surface area contributed by atoms with Gasteiger partial charge in [0.15, 0.2) is 6.61 Å². The van der Waals surface area contributed by atoms with E-state index in [4.69, 9.17) is 45.3 Å². The molecule has 0 saturated carbocycles. The average molecular weight is 453 g/mol. The van der Waals surface area contributed by atoms with E-state index in [-0.39, 0.29) is 27.0 Å². The van der Waals surface area contributed by atoms with Crippen LogP contribution in [0.3, 0.4) is 0 Å². The lowest BCUT2D eigenvalue weighted by atomic mass is 10.2. The molecule has 0 spiro atoms. The highest BCUT2D eigenvalue weighted by molar-refractivity contribution is 9.10. The summed E-state index contributed by atoms with van der Waals surface area (Å²) in [6.45, 7) is -0.528. The maximum absolute atomic E-state index is 12.0. The molecule has 5 nitrogen and oxygen atoms in total. The first kappa shape index (κ1) is 18.9. The number of ether oxygens (including phenoxy) is 1. The Labute approximate surface area is 161 Å². The van der Waals surface area contributed by atoms with Crippen molar-refractivity contribution in [1.29, 1.82) is 0 Å². The molecule has 3 N–H and O–H groups in total. The van der Waals surface area contributed by atoms with Gasteiger partial charge in [-0.25, -0.2) is 4.79 Å². The number of carbonyl (C=O) groups excluding carboxylic acids is 2. The topological polar surface area (TPSA) is 81.4 Å². The molecule has 0 fully saturated rings. The Morgan fingerprint density at radius 1 is 1.12 bits per heavy atom. The number of nitrogen functional groups attached to an aromatic ring is 1. The normalized spacial score (nSPS) is 10.3. The van der Waals surface area contributed by atoms with Crippen LogP contribution in [0.2, 0.25) is 15.1 Å². The van der Waals surface area contributed by atoms with Gasteiger partial charge in [0.25, 0.3) is 5.91 Å². The van der Waals surface area contributed by atoms with Gasteiger partial charge in [-0.15, -0.1) is 0 Å². The van der Waals surface area contributed by atoms with E-state index in [0.717, 1.165) is 0 Å². The predicted octanol–water partition coefficient (Wildman–Crippen LogP) is 4.79. The van der Waals surface area contributed by atoms with Gasteiger partial charge in [-0.1, -0.05) is 50.7 Å². The van der Waals surface area contributed by atoms with Crippen molar-refractivity contribution in [3.05, 3.63) is 55.4 Å². The number of rotatable bonds is 4. The highest BCUT2D eigenvalue weighted by Crippen LogP contribution is 2.33. The molecular weight excluding hydrogens is 442 g/mol. The summed E-state index contributed by atoms with van der Waals surface area (Å²) in [4.78, 5) is 23.9. The van der Waals surface area contributed by atoms with Crippen LogP contribution < -0.4 is 11.1 Å². The van der Waals surface area contributed by atoms with Gasteiger partial charge >= 0.3 is 5.97 Å². The number of anilines is 2. The fourth-order valence-electron chi connectivity index (χ4n) is 1.75. The van der Waals surface area contributed by atoms with Crippen LogP contribution in [-0.4, -0.2) is 18.5 Å². The Morgan fingerprint density at radius 2 is 1.75 bits per heavy atom. The van der Waals surface area contributed by atoms with Crippen molar-refractivity contribution in [3.63, 3.8) is 0 Å². The minimum atomic E-state index is -0.725. The second-order valence-electron chi connectivity index (χ2n) is 4.60. The maximum Gasteiger partial charge on any atom is 0.340 e. The smallest absolute Gasteiger partial charge is 0.340 e. The van der Waals surface area contributed by atoms with Gasteiger partial charge in [0.1, 0.15) is 0 Å². The third-order valence-electron chi connectivity index (χ3n) is 2.84. The van der Waals surface area contributed by atoms with Crippen molar-refractivity contribution < 1.29 is 14.3 Å². The number of carbonyl (C=O) groups is 2. The van der Waals surface area contributed by atoms with Crippen LogP contribution in [0.4, 0.5) is 11.4 Å². The average Bonchev–Trinajstić information content (AvgIpc) is 2.50. The van der Waals surface area contributed by atoms with E-state index in [9.17, 15) is 9.59 Å². The molecule has 0 unspecified atom stereocenters. The molecule has 0 heterocycles. The van der Waals surface area contributed by atoms with Crippen molar-refractivity contribution in [2.45, 2.75) is 0 Å². The highest BCUT2D eigenvalue weighted by Gasteiger charge is 2.16. The van der Waals surface area contributed by atoms with E-state index in [1.165, 1.54) is 18.2 Å². The van der Waals surface area contributed by atoms with Crippen molar-refractivity contribution in [3.8, 4) is 0 Å². The van der Waals surface area contributed by atoms with Crippen molar-refractivity contribution in [2.75, 3.05) is 17.7 Å². The van der Waals surface area contributed by atoms with E-state index in [0.29, 0.717) is 9.50 Å². The largest absolute Gasteiger partial charge is 0.452 e. The van der Waals surface area contributed by atoms with Gasteiger partial charge in [-0.2, -0.15) is 0 Å². The lowest BCUT2D eigenvalue weighted by Crippen LogP contribution is -2.21. The van der Waals surface area contributed by atoms with Crippen LogP contribution in [0.25, 0.3) is 0 Å². The fraction of sp³-hybridized carbons (Fsp3) is 0.0667. The van der Waals surface area contributed by atoms with Crippen molar-refractivity contribution in [1.82, 2.24) is 0 Å². The zero-order valence-electron chi connectivity index (χ0n) is 11.9. The van der Waals surface area contributed by atoms with Gasteiger partial charge in [-0.3, -0.25) is 4.79 Å². The lowest BCUT2D eigenvalue weighted by Gasteiger charge is -2.11. The number of benzene rings is 2. The van der Waals surface area contributed by atoms with Crippen LogP contribution in [-0.2, 0) is 9.53 Å². The number of amides is 1. The number of nitrogens with two attached hydrogens (primary N) is 1. The summed E-state index contributed by atoms with van der Waals surface area (Å²) in [5.41, 5.74) is 6.29. The lowest BCUT2D eigenvalue weighted by molar-refractivity contribution is -0.119. The van der Waals surface area contributed by atoms with E-state index in [2.05, 4.69) is 21.2 Å². The SMILES string of the molecule is Nc1ccc(Br)cc1C(=O)OCC(=O)Nc1c(Cl)cc(Cl)cc1Cl. The van der Waals surface area contributed by atoms with Crippen molar-refractivity contribution >= 4 is 74.0 Å².